The number of azo groups is 3. The highest BCUT2D eigenvalue weighted by atomic mass is 32.2. The maximum absolute atomic E-state index is 13.9. The Morgan fingerprint density at radius 2 is 0.667 bits per heavy atom. The van der Waals surface area contributed by atoms with E-state index in [1.807, 2.05) is 107 Å². The molecule has 24 nitrogen and oxygen atoms in total. The minimum absolute atomic E-state index is 0.0536. The van der Waals surface area contributed by atoms with Gasteiger partial charge in [-0.2, -0.15) is 12.9 Å². The molecule has 1 saturated heterocycles. The molecule has 0 aliphatic carbocycles. The molecule has 1 aliphatic rings. The van der Waals surface area contributed by atoms with E-state index in [9.17, 15) is 25.3 Å². The van der Waals surface area contributed by atoms with Crippen LogP contribution in [0.15, 0.2) is 141 Å². The van der Waals surface area contributed by atoms with Crippen molar-refractivity contribution in [2.24, 2.45) is 73.0 Å². The molecule has 0 atom stereocenters. The van der Waals surface area contributed by atoms with Crippen LogP contribution in [0.5, 0.6) is 0 Å². The molecular formula is C42H57N18O6S3+3. The standard InChI is InChI=1S/C42H54N18O6S3/c1-52-22-23-53(2)40(52)49-46-37-13-7-34(8-14-37)43-19-28-67(61,62)58-31-59(68(63,64)29-20-44-35-9-15-38(16-10-35)47-50-41-54(3)24-25-55(41)4)33-60(32-58)69(65,66)30-21-45-36-11-17-39(18-12-36)48-51-42-56(5)26-27-57(42)6/h7-18,22-27H,19-21,28-33H2,1-6H3/p+3. The zero-order valence-electron chi connectivity index (χ0n) is 39.1. The van der Waals surface area contributed by atoms with Crippen molar-refractivity contribution in [2.45, 2.75) is 0 Å². The Morgan fingerprint density at radius 1 is 0.420 bits per heavy atom. The molecule has 1 fully saturated rings. The summed E-state index contributed by atoms with van der Waals surface area (Å²) in [5.74, 6) is 0.562. The van der Waals surface area contributed by atoms with E-state index in [0.717, 1.165) is 12.9 Å². The largest absolute Gasteiger partial charge is 0.421 e. The molecule has 0 spiro atoms. The van der Waals surface area contributed by atoms with Crippen LogP contribution < -0.4 is 29.7 Å². The van der Waals surface area contributed by atoms with Gasteiger partial charge in [-0.15, -0.1) is 0 Å². The third-order valence-electron chi connectivity index (χ3n) is 11.0. The Kier molecular flexibility index (Phi) is 15.7. The Hall–Kier alpha value is -6.78. The summed E-state index contributed by atoms with van der Waals surface area (Å²) in [6.45, 7) is -1.87. The van der Waals surface area contributed by atoms with Gasteiger partial charge in [0.25, 0.3) is 0 Å². The van der Waals surface area contributed by atoms with Crippen molar-refractivity contribution in [3.05, 3.63) is 110 Å². The lowest BCUT2D eigenvalue weighted by Gasteiger charge is -2.40. The maximum Gasteiger partial charge on any atom is 0.421 e. The van der Waals surface area contributed by atoms with Crippen LogP contribution in [-0.2, 0) is 72.4 Å². The van der Waals surface area contributed by atoms with Crippen molar-refractivity contribution in [1.29, 1.82) is 0 Å². The highest BCUT2D eigenvalue weighted by molar-refractivity contribution is 7.90. The molecule has 3 aromatic carbocycles. The molecule has 366 valence electrons. The molecule has 1 aliphatic heterocycles. The molecule has 27 heteroatoms. The summed E-state index contributed by atoms with van der Waals surface area (Å²) in [5.41, 5.74) is 3.58. The van der Waals surface area contributed by atoms with E-state index in [2.05, 4.69) is 46.6 Å². The molecule has 0 amide bonds. The van der Waals surface area contributed by atoms with Crippen LogP contribution in [0.25, 0.3) is 0 Å². The highest BCUT2D eigenvalue weighted by Gasteiger charge is 2.40. The quantitative estimate of drug-likeness (QED) is 0.0699. The number of sulfonamides is 3. The van der Waals surface area contributed by atoms with Crippen LogP contribution in [0, 0.1) is 0 Å². The Morgan fingerprint density at radius 3 is 0.884 bits per heavy atom. The predicted molar refractivity (Wildman–Crippen MR) is 259 cm³/mol. The number of aryl methyl sites for hydroxylation is 6. The van der Waals surface area contributed by atoms with E-state index in [-0.39, 0.29) is 19.6 Å². The molecule has 7 rings (SSSR count). The maximum atomic E-state index is 13.9. The molecule has 0 radical (unpaired) electrons. The first-order valence-corrected chi connectivity index (χ1v) is 26.4. The molecule has 69 heavy (non-hydrogen) atoms. The number of rotatable bonds is 21. The molecule has 3 aromatic heterocycles. The highest BCUT2D eigenvalue weighted by Crippen LogP contribution is 2.24. The predicted octanol–water partition coefficient (Wildman–Crippen LogP) is 3.84. The van der Waals surface area contributed by atoms with Crippen LogP contribution in [0.3, 0.4) is 0 Å². The van der Waals surface area contributed by atoms with Gasteiger partial charge in [0.1, 0.15) is 17.1 Å². The van der Waals surface area contributed by atoms with Crippen LogP contribution in [-0.4, -0.2) is 109 Å². The van der Waals surface area contributed by atoms with Gasteiger partial charge >= 0.3 is 17.8 Å². The van der Waals surface area contributed by atoms with Crippen molar-refractivity contribution in [1.82, 2.24) is 26.6 Å². The summed E-state index contributed by atoms with van der Waals surface area (Å²) >= 11 is 0. The van der Waals surface area contributed by atoms with E-state index < -0.39 is 67.3 Å². The number of benzene rings is 3. The Labute approximate surface area is 401 Å². The number of hydrogen-bond donors (Lipinski definition) is 3. The molecule has 0 unspecified atom stereocenters. The van der Waals surface area contributed by atoms with Gasteiger partial charge in [0, 0.05) is 52.0 Å². The van der Waals surface area contributed by atoms with Gasteiger partial charge in [-0.3, -0.25) is 0 Å². The average molecular weight is 1010 g/mol. The topological polar surface area (TPSA) is 249 Å². The fourth-order valence-corrected chi connectivity index (χ4v) is 10.9. The Bertz CT molecular complexity index is 2750. The van der Waals surface area contributed by atoms with Gasteiger partial charge in [-0.25, -0.2) is 52.7 Å². The zero-order chi connectivity index (χ0) is 49.3. The normalized spacial score (nSPS) is 14.7. The number of aromatic nitrogens is 6. The molecule has 4 heterocycles. The van der Waals surface area contributed by atoms with Crippen molar-refractivity contribution in [3.63, 3.8) is 0 Å². The van der Waals surface area contributed by atoms with Gasteiger partial charge in [-0.05, 0) is 72.8 Å². The average Bonchev–Trinajstić information content (AvgIpc) is 3.95. The van der Waals surface area contributed by atoms with Gasteiger partial charge in [-0.1, -0.05) is 15.3 Å². The molecule has 3 N–H and O–H groups in total. The molecule has 0 bridgehead atoms. The first-order valence-electron chi connectivity index (χ1n) is 21.6. The first-order chi connectivity index (χ1) is 32.9. The van der Waals surface area contributed by atoms with Crippen LogP contribution >= 0.6 is 0 Å². The lowest BCUT2D eigenvalue weighted by molar-refractivity contribution is -0.657. The fourth-order valence-electron chi connectivity index (χ4n) is 6.96. The second-order valence-electron chi connectivity index (χ2n) is 16.2. The van der Waals surface area contributed by atoms with Crippen LogP contribution in [0.2, 0.25) is 0 Å². The summed E-state index contributed by atoms with van der Waals surface area (Å²) in [4.78, 5) is 0. The van der Waals surface area contributed by atoms with Gasteiger partial charge < -0.3 is 16.0 Å². The summed E-state index contributed by atoms with van der Waals surface area (Å²) in [5, 5.41) is 34.9. The Balaban J connectivity index is 0.987. The van der Waals surface area contributed by atoms with Crippen LogP contribution in [0.4, 0.5) is 52.0 Å². The number of anilines is 3. The number of hydrogen-bond acceptors (Lipinski definition) is 15. The smallest absolute Gasteiger partial charge is 0.384 e. The summed E-state index contributed by atoms with van der Waals surface area (Å²) in [6, 6.07) is 20.8. The summed E-state index contributed by atoms with van der Waals surface area (Å²) < 4.78 is 97.2. The summed E-state index contributed by atoms with van der Waals surface area (Å²) in [6.07, 6.45) is 11.2. The summed E-state index contributed by atoms with van der Waals surface area (Å²) in [7, 11) is -1.52. The minimum atomic E-state index is -4.22. The number of nitrogens with zero attached hydrogens (tertiary/aromatic N) is 15. The second kappa shape index (κ2) is 21.7. The molecular weight excluding hydrogens is 949 g/mol. The number of imidazole rings is 3. The third kappa shape index (κ3) is 13.1. The lowest BCUT2D eigenvalue weighted by Crippen LogP contribution is -2.60. The van der Waals surface area contributed by atoms with Crippen molar-refractivity contribution in [3.8, 4) is 0 Å². The molecule has 6 aromatic rings. The minimum Gasteiger partial charge on any atom is -0.384 e. The second-order valence-corrected chi connectivity index (χ2v) is 22.5. The SMILES string of the molecule is Cn1cc[n+](C)c1N=Nc1ccc(NCCS(=O)(=O)N2CN(S(=O)(=O)CCNc3ccc(N=Nc4n(C)cc[n+]4C)cc3)CN(S(=O)(=O)CCNc3ccc(N=Nc4n(C)cc[n+]4C)cc3)C2)cc1. The van der Waals surface area contributed by atoms with Gasteiger partial charge in [0.05, 0.1) is 117 Å². The van der Waals surface area contributed by atoms with E-state index in [1.165, 1.54) is 0 Å². The van der Waals surface area contributed by atoms with Gasteiger partial charge in [0.2, 0.25) is 30.1 Å². The fraction of sp³-hybridized carbons (Fsp3) is 0.357. The lowest BCUT2D eigenvalue weighted by atomic mass is 10.3. The van der Waals surface area contributed by atoms with E-state index in [4.69, 9.17) is 0 Å². The van der Waals surface area contributed by atoms with E-state index in [1.54, 1.807) is 72.8 Å². The van der Waals surface area contributed by atoms with Crippen molar-refractivity contribution >= 4 is 82.0 Å². The zero-order valence-corrected chi connectivity index (χ0v) is 41.6. The third-order valence-corrected chi connectivity index (χ3v) is 16.2. The van der Waals surface area contributed by atoms with Crippen molar-refractivity contribution in [2.75, 3.05) is 72.8 Å². The van der Waals surface area contributed by atoms with E-state index in [0.29, 0.717) is 52.0 Å². The molecule has 0 saturated carbocycles. The number of nitrogens with one attached hydrogen (secondary N) is 3. The van der Waals surface area contributed by atoms with Crippen molar-refractivity contribution < 1.29 is 39.0 Å². The van der Waals surface area contributed by atoms with Gasteiger partial charge in [0.15, 0.2) is 0 Å². The van der Waals surface area contributed by atoms with E-state index >= 15 is 0 Å². The monoisotopic (exact) mass is 1010 g/mol. The van der Waals surface area contributed by atoms with Crippen LogP contribution in [0.1, 0.15) is 0 Å². The first kappa shape index (κ1) is 50.1.